The predicted octanol–water partition coefficient (Wildman–Crippen LogP) is 5.61. The Hall–Kier alpha value is -0.870. The molecule has 2 N–H and O–H groups in total. The van der Waals surface area contributed by atoms with Gasteiger partial charge in [0.1, 0.15) is 6.10 Å². The molecule has 4 aliphatic rings. The Labute approximate surface area is 175 Å². The summed E-state index contributed by atoms with van der Waals surface area (Å²) >= 11 is 0. The van der Waals surface area contributed by atoms with Crippen molar-refractivity contribution >= 4 is 0 Å². The third kappa shape index (κ3) is 2.96. The summed E-state index contributed by atoms with van der Waals surface area (Å²) in [5.74, 6) is 4.17. The summed E-state index contributed by atoms with van der Waals surface area (Å²) in [6, 6.07) is 2.01. The molecule has 4 saturated carbocycles. The molecular weight excluding hydrogens is 362 g/mol. The predicted molar refractivity (Wildman–Crippen MR) is 112 cm³/mol. The summed E-state index contributed by atoms with van der Waals surface area (Å²) in [5, 5.41) is 24.9. The molecule has 29 heavy (non-hydrogen) atoms. The Kier molecular flexibility index (Phi) is 4.54. The maximum Gasteiger partial charge on any atom is 0.165 e. The van der Waals surface area contributed by atoms with E-state index in [2.05, 4.69) is 25.9 Å². The molecule has 4 heteroatoms. The first kappa shape index (κ1) is 20.1. The van der Waals surface area contributed by atoms with Gasteiger partial charge < -0.3 is 14.7 Å². The highest BCUT2D eigenvalue weighted by molar-refractivity contribution is 5.21. The Morgan fingerprint density at radius 2 is 1.76 bits per heavy atom. The lowest BCUT2D eigenvalue weighted by Crippen LogP contribution is -2.55. The summed E-state index contributed by atoms with van der Waals surface area (Å²) in [4.78, 5) is 0. The van der Waals surface area contributed by atoms with Crippen molar-refractivity contribution < 1.29 is 14.7 Å². The van der Waals surface area contributed by atoms with Gasteiger partial charge >= 0.3 is 0 Å². The summed E-state index contributed by atoms with van der Waals surface area (Å²) in [6.45, 7) is 8.88. The summed E-state index contributed by atoms with van der Waals surface area (Å²) in [6.07, 6.45) is 10.3. The molecule has 1 aromatic heterocycles. The first-order chi connectivity index (χ1) is 13.6. The van der Waals surface area contributed by atoms with Crippen molar-refractivity contribution in [3.63, 3.8) is 0 Å². The number of fused-ring (bicyclic) bond motifs is 5. The van der Waals surface area contributed by atoms with Gasteiger partial charge in [-0.25, -0.2) is 0 Å². The van der Waals surface area contributed by atoms with Crippen molar-refractivity contribution in [1.82, 2.24) is 5.16 Å². The van der Waals surface area contributed by atoms with Gasteiger partial charge in [0.2, 0.25) is 0 Å². The van der Waals surface area contributed by atoms with E-state index in [1.54, 1.807) is 6.92 Å². The molecular formula is C25H39NO3. The van der Waals surface area contributed by atoms with E-state index in [9.17, 15) is 10.2 Å². The van der Waals surface area contributed by atoms with E-state index in [4.69, 9.17) is 4.52 Å². The van der Waals surface area contributed by atoms with Crippen LogP contribution in [0.15, 0.2) is 10.6 Å². The molecule has 0 bridgehead atoms. The third-order valence-corrected chi connectivity index (χ3v) is 10.3. The topological polar surface area (TPSA) is 66.5 Å². The Morgan fingerprint density at radius 3 is 2.48 bits per heavy atom. The van der Waals surface area contributed by atoms with Gasteiger partial charge in [-0.1, -0.05) is 19.0 Å². The number of aliphatic hydroxyl groups excluding tert-OH is 1. The molecule has 1 heterocycles. The van der Waals surface area contributed by atoms with Crippen LogP contribution in [0.25, 0.3) is 0 Å². The van der Waals surface area contributed by atoms with Gasteiger partial charge in [-0.2, -0.15) is 0 Å². The molecule has 0 aliphatic heterocycles. The second-order valence-corrected chi connectivity index (χ2v) is 11.9. The Morgan fingerprint density at radius 1 is 1.00 bits per heavy atom. The molecule has 0 amide bonds. The van der Waals surface area contributed by atoms with Crippen LogP contribution in [0.3, 0.4) is 0 Å². The van der Waals surface area contributed by atoms with E-state index in [0.29, 0.717) is 28.4 Å². The fourth-order valence-corrected chi connectivity index (χ4v) is 8.58. The second-order valence-electron chi connectivity index (χ2n) is 11.9. The molecule has 4 nitrogen and oxygen atoms in total. The van der Waals surface area contributed by atoms with Crippen LogP contribution in [0.4, 0.5) is 0 Å². The molecule has 0 saturated heterocycles. The van der Waals surface area contributed by atoms with Crippen molar-refractivity contribution in [2.45, 2.75) is 103 Å². The largest absolute Gasteiger partial charge is 0.390 e. The zero-order chi connectivity index (χ0) is 20.6. The number of hydrogen-bond donors (Lipinski definition) is 2. The quantitative estimate of drug-likeness (QED) is 0.676. The highest BCUT2D eigenvalue weighted by Crippen LogP contribution is 2.69. The number of rotatable bonds is 2. The minimum absolute atomic E-state index is 0.303. The fourth-order valence-electron chi connectivity index (χ4n) is 8.58. The fraction of sp³-hybridized carbons (Fsp3) is 0.880. The second kappa shape index (κ2) is 6.56. The van der Waals surface area contributed by atoms with Crippen LogP contribution in [0.1, 0.15) is 109 Å². The SMILES string of the molecule is CC(O)c1cc(C2CC[C@H]3[C@@H]4CCC5CC(C)(O)CC[C@]5(C)[C@@H]4CC[C@]23C)no1. The lowest BCUT2D eigenvalue weighted by molar-refractivity contribution is -0.143. The van der Waals surface area contributed by atoms with Gasteiger partial charge in [0.15, 0.2) is 5.76 Å². The van der Waals surface area contributed by atoms with E-state index in [1.165, 1.54) is 44.9 Å². The van der Waals surface area contributed by atoms with Crippen LogP contribution in [0.2, 0.25) is 0 Å². The monoisotopic (exact) mass is 401 g/mol. The van der Waals surface area contributed by atoms with E-state index >= 15 is 0 Å². The minimum Gasteiger partial charge on any atom is -0.390 e. The highest BCUT2D eigenvalue weighted by Gasteiger charge is 2.61. The van der Waals surface area contributed by atoms with E-state index in [1.807, 2.05) is 6.07 Å². The molecule has 4 fully saturated rings. The lowest BCUT2D eigenvalue weighted by atomic mass is 9.44. The molecule has 9 atom stereocenters. The summed E-state index contributed by atoms with van der Waals surface area (Å²) in [7, 11) is 0. The summed E-state index contributed by atoms with van der Waals surface area (Å²) in [5.41, 5.74) is 1.33. The zero-order valence-electron chi connectivity index (χ0n) is 18.7. The van der Waals surface area contributed by atoms with Crippen LogP contribution < -0.4 is 0 Å². The Bertz CT molecular complexity index is 770. The molecule has 0 spiro atoms. The van der Waals surface area contributed by atoms with Crippen molar-refractivity contribution in [3.05, 3.63) is 17.5 Å². The van der Waals surface area contributed by atoms with Crippen LogP contribution in [0.5, 0.6) is 0 Å². The smallest absolute Gasteiger partial charge is 0.165 e. The maximum absolute atomic E-state index is 10.7. The average molecular weight is 402 g/mol. The van der Waals surface area contributed by atoms with Crippen LogP contribution in [0, 0.1) is 34.5 Å². The van der Waals surface area contributed by atoms with Gasteiger partial charge in [-0.15, -0.1) is 0 Å². The van der Waals surface area contributed by atoms with Gasteiger partial charge in [-0.05, 0) is 106 Å². The minimum atomic E-state index is -0.587. The normalized spacial score (nSPS) is 50.5. The molecule has 0 aromatic carbocycles. The van der Waals surface area contributed by atoms with Crippen molar-refractivity contribution in [3.8, 4) is 0 Å². The van der Waals surface area contributed by atoms with Gasteiger partial charge in [0, 0.05) is 12.0 Å². The number of hydrogen-bond acceptors (Lipinski definition) is 4. The summed E-state index contributed by atoms with van der Waals surface area (Å²) < 4.78 is 5.45. The van der Waals surface area contributed by atoms with Crippen molar-refractivity contribution in [2.75, 3.05) is 0 Å². The molecule has 162 valence electrons. The van der Waals surface area contributed by atoms with Crippen molar-refractivity contribution in [1.29, 1.82) is 0 Å². The highest BCUT2D eigenvalue weighted by atomic mass is 16.5. The standard InChI is InChI=1S/C25H39NO3/c1-15(27)22-13-21(26-29-22)20-8-7-18-17-6-5-16-14-23(2,28)11-12-24(16,3)19(17)9-10-25(18,20)4/h13,15-20,27-28H,5-12,14H2,1-4H3/t15?,16?,17-,18-,19+,20?,23?,24-,25-/m0/s1. The van der Waals surface area contributed by atoms with E-state index in [0.717, 1.165) is 36.3 Å². The third-order valence-electron chi connectivity index (χ3n) is 10.3. The molecule has 0 radical (unpaired) electrons. The molecule has 4 unspecified atom stereocenters. The lowest BCUT2D eigenvalue weighted by Gasteiger charge is -2.61. The first-order valence-electron chi connectivity index (χ1n) is 12.0. The van der Waals surface area contributed by atoms with Gasteiger partial charge in [0.25, 0.3) is 0 Å². The van der Waals surface area contributed by atoms with Crippen LogP contribution in [-0.2, 0) is 0 Å². The molecule has 4 aliphatic carbocycles. The maximum atomic E-state index is 10.7. The average Bonchev–Trinajstić information content (AvgIpc) is 3.26. The van der Waals surface area contributed by atoms with E-state index < -0.39 is 11.7 Å². The van der Waals surface area contributed by atoms with Crippen LogP contribution in [-0.4, -0.2) is 21.0 Å². The number of aromatic nitrogens is 1. The van der Waals surface area contributed by atoms with Gasteiger partial charge in [0.05, 0.1) is 11.3 Å². The molecule has 1 aromatic rings. The van der Waals surface area contributed by atoms with Crippen molar-refractivity contribution in [2.24, 2.45) is 34.5 Å². The Balaban J connectivity index is 1.40. The van der Waals surface area contributed by atoms with E-state index in [-0.39, 0.29) is 0 Å². The molecule has 5 rings (SSSR count). The van der Waals surface area contributed by atoms with Crippen LogP contribution >= 0.6 is 0 Å². The first-order valence-corrected chi connectivity index (χ1v) is 12.0. The number of aliphatic hydroxyl groups is 2. The number of nitrogens with zero attached hydrogens (tertiary/aromatic N) is 1. The zero-order valence-corrected chi connectivity index (χ0v) is 18.7. The van der Waals surface area contributed by atoms with Gasteiger partial charge in [-0.3, -0.25) is 0 Å².